The smallest absolute Gasteiger partial charge is 0.234 e. The van der Waals surface area contributed by atoms with Crippen LogP contribution in [0, 0.1) is 0 Å². The lowest BCUT2D eigenvalue weighted by Crippen LogP contribution is -2.13. The largest absolute Gasteiger partial charge is 0.508 e. The Hall–Kier alpha value is -2.22. The maximum absolute atomic E-state index is 11.6. The molecule has 0 aliphatic rings. The van der Waals surface area contributed by atoms with E-state index in [4.69, 9.17) is 10.8 Å². The van der Waals surface area contributed by atoms with Crippen LogP contribution in [0.1, 0.15) is 0 Å². The van der Waals surface area contributed by atoms with Crippen LogP contribution in [0.25, 0.3) is 0 Å². The second kappa shape index (κ2) is 5.41. The first-order valence-electron chi connectivity index (χ1n) is 5.03. The van der Waals surface area contributed by atoms with E-state index in [1.54, 1.807) is 12.1 Å². The lowest BCUT2D eigenvalue weighted by Gasteiger charge is -2.03. The Bertz CT molecular complexity index is 539. The van der Waals surface area contributed by atoms with E-state index >= 15 is 0 Å². The van der Waals surface area contributed by atoms with Crippen molar-refractivity contribution >= 4 is 29.3 Å². The molecule has 1 amide bonds. The zero-order valence-corrected chi connectivity index (χ0v) is 10.1. The van der Waals surface area contributed by atoms with Crippen LogP contribution in [-0.2, 0) is 4.79 Å². The standard InChI is InChI=1S/C10H11N5O2S/c11-9-13-10(15-14-9)18-5-8(17)12-6-1-3-7(16)4-2-6/h1-4,16H,5H2,(H,12,17)(H3,11,13,14,15). The van der Waals surface area contributed by atoms with Crippen molar-refractivity contribution in [3.63, 3.8) is 0 Å². The van der Waals surface area contributed by atoms with Gasteiger partial charge in [-0.1, -0.05) is 11.8 Å². The fourth-order valence-corrected chi connectivity index (χ4v) is 1.80. The molecule has 1 aromatic carbocycles. The van der Waals surface area contributed by atoms with Crippen molar-refractivity contribution in [2.75, 3.05) is 16.8 Å². The van der Waals surface area contributed by atoms with Crippen molar-refractivity contribution in [2.24, 2.45) is 0 Å². The Balaban J connectivity index is 1.83. The molecule has 1 heterocycles. The van der Waals surface area contributed by atoms with E-state index in [0.717, 1.165) is 0 Å². The van der Waals surface area contributed by atoms with Gasteiger partial charge in [0.05, 0.1) is 5.75 Å². The summed E-state index contributed by atoms with van der Waals surface area (Å²) in [6.07, 6.45) is 0. The fraction of sp³-hybridized carbons (Fsp3) is 0.100. The molecule has 0 atom stereocenters. The van der Waals surface area contributed by atoms with E-state index < -0.39 is 0 Å². The van der Waals surface area contributed by atoms with Crippen molar-refractivity contribution < 1.29 is 9.90 Å². The topological polar surface area (TPSA) is 117 Å². The summed E-state index contributed by atoms with van der Waals surface area (Å²) in [7, 11) is 0. The molecule has 0 aliphatic carbocycles. The maximum Gasteiger partial charge on any atom is 0.234 e. The Morgan fingerprint density at radius 3 is 2.78 bits per heavy atom. The number of aromatic nitrogens is 3. The molecule has 94 valence electrons. The van der Waals surface area contributed by atoms with Gasteiger partial charge in [-0.25, -0.2) is 5.10 Å². The van der Waals surface area contributed by atoms with Crippen molar-refractivity contribution in [3.05, 3.63) is 24.3 Å². The highest BCUT2D eigenvalue weighted by molar-refractivity contribution is 7.99. The number of hydrogen-bond acceptors (Lipinski definition) is 6. The van der Waals surface area contributed by atoms with Gasteiger partial charge in [0.2, 0.25) is 17.0 Å². The monoisotopic (exact) mass is 265 g/mol. The van der Waals surface area contributed by atoms with Gasteiger partial charge in [-0.15, -0.1) is 5.10 Å². The summed E-state index contributed by atoms with van der Waals surface area (Å²) in [6, 6.07) is 6.23. The molecular formula is C10H11N5O2S. The average Bonchev–Trinajstić information content (AvgIpc) is 2.76. The molecule has 0 unspecified atom stereocenters. The molecule has 0 spiro atoms. The third-order valence-electron chi connectivity index (χ3n) is 1.97. The second-order valence-electron chi connectivity index (χ2n) is 3.39. The number of carbonyl (C=O) groups excluding carboxylic acids is 1. The zero-order valence-electron chi connectivity index (χ0n) is 9.25. The SMILES string of the molecule is Nc1nc(SCC(=O)Nc2ccc(O)cc2)n[nH]1. The lowest BCUT2D eigenvalue weighted by atomic mass is 10.3. The van der Waals surface area contributed by atoms with Gasteiger partial charge in [0.25, 0.3) is 0 Å². The van der Waals surface area contributed by atoms with Gasteiger partial charge in [0.15, 0.2) is 0 Å². The Labute approximate surface area is 107 Å². The zero-order chi connectivity index (χ0) is 13.0. The minimum absolute atomic E-state index is 0.151. The molecule has 0 fully saturated rings. The highest BCUT2D eigenvalue weighted by Crippen LogP contribution is 2.16. The number of rotatable bonds is 4. The number of phenolic OH excluding ortho intramolecular Hbond substituents is 1. The van der Waals surface area contributed by atoms with Crippen LogP contribution in [-0.4, -0.2) is 31.9 Å². The number of nitrogens with one attached hydrogen (secondary N) is 2. The third-order valence-corrected chi connectivity index (χ3v) is 2.81. The Morgan fingerprint density at radius 2 is 2.17 bits per heavy atom. The Morgan fingerprint density at radius 1 is 1.44 bits per heavy atom. The number of benzene rings is 1. The molecule has 7 nitrogen and oxygen atoms in total. The van der Waals surface area contributed by atoms with E-state index in [9.17, 15) is 4.79 Å². The summed E-state index contributed by atoms with van der Waals surface area (Å²) in [5.74, 6) is 0.363. The molecule has 0 saturated heterocycles. The molecule has 0 aliphatic heterocycles. The lowest BCUT2D eigenvalue weighted by molar-refractivity contribution is -0.113. The quantitative estimate of drug-likeness (QED) is 0.480. The molecule has 0 bridgehead atoms. The summed E-state index contributed by atoms with van der Waals surface area (Å²) in [5, 5.41) is 18.5. The molecule has 2 aromatic rings. The molecule has 8 heteroatoms. The molecule has 18 heavy (non-hydrogen) atoms. The molecule has 0 saturated carbocycles. The van der Waals surface area contributed by atoms with Crippen LogP contribution in [0.5, 0.6) is 5.75 Å². The summed E-state index contributed by atoms with van der Waals surface area (Å²) in [4.78, 5) is 15.4. The van der Waals surface area contributed by atoms with Gasteiger partial charge in [0.1, 0.15) is 5.75 Å². The number of nitrogens with zero attached hydrogens (tertiary/aromatic N) is 2. The number of H-pyrrole nitrogens is 1. The highest BCUT2D eigenvalue weighted by Gasteiger charge is 2.06. The molecule has 1 aromatic heterocycles. The van der Waals surface area contributed by atoms with Crippen molar-refractivity contribution in [1.29, 1.82) is 0 Å². The normalized spacial score (nSPS) is 10.2. The number of nitrogen functional groups attached to an aromatic ring is 1. The molecule has 0 radical (unpaired) electrons. The van der Waals surface area contributed by atoms with Gasteiger partial charge in [-0.2, -0.15) is 4.98 Å². The summed E-state index contributed by atoms with van der Waals surface area (Å²) < 4.78 is 0. The van der Waals surface area contributed by atoms with E-state index in [0.29, 0.717) is 10.8 Å². The third kappa shape index (κ3) is 3.39. The number of thioether (sulfide) groups is 1. The van der Waals surface area contributed by atoms with Crippen LogP contribution in [0.4, 0.5) is 11.6 Å². The minimum atomic E-state index is -0.186. The van der Waals surface area contributed by atoms with Crippen molar-refractivity contribution in [3.8, 4) is 5.75 Å². The number of nitrogens with two attached hydrogens (primary N) is 1. The van der Waals surface area contributed by atoms with Gasteiger partial charge in [-0.05, 0) is 24.3 Å². The van der Waals surface area contributed by atoms with Crippen LogP contribution < -0.4 is 11.1 Å². The van der Waals surface area contributed by atoms with Gasteiger partial charge < -0.3 is 16.2 Å². The first-order chi connectivity index (χ1) is 8.63. The van der Waals surface area contributed by atoms with E-state index in [1.807, 2.05) is 0 Å². The van der Waals surface area contributed by atoms with Crippen molar-refractivity contribution in [2.45, 2.75) is 5.16 Å². The Kier molecular flexibility index (Phi) is 3.68. The average molecular weight is 265 g/mol. The predicted octanol–water partition coefficient (Wildman–Crippen LogP) is 0.823. The molecule has 5 N–H and O–H groups in total. The second-order valence-corrected chi connectivity index (χ2v) is 4.33. The molecular weight excluding hydrogens is 254 g/mol. The summed E-state index contributed by atoms with van der Waals surface area (Å²) in [6.45, 7) is 0. The number of aromatic hydroxyl groups is 1. The highest BCUT2D eigenvalue weighted by atomic mass is 32.2. The van der Waals surface area contributed by atoms with Gasteiger partial charge in [0, 0.05) is 5.69 Å². The van der Waals surface area contributed by atoms with E-state index in [2.05, 4.69) is 20.5 Å². The number of carbonyl (C=O) groups is 1. The predicted molar refractivity (Wildman–Crippen MR) is 68.3 cm³/mol. The van der Waals surface area contributed by atoms with Crippen LogP contribution in [0.3, 0.4) is 0 Å². The van der Waals surface area contributed by atoms with Crippen LogP contribution >= 0.6 is 11.8 Å². The molecule has 2 rings (SSSR count). The van der Waals surface area contributed by atoms with Crippen molar-refractivity contribution in [1.82, 2.24) is 15.2 Å². The fourth-order valence-electron chi connectivity index (χ4n) is 1.19. The van der Waals surface area contributed by atoms with Gasteiger partial charge in [-0.3, -0.25) is 4.79 Å². The number of anilines is 2. The van der Waals surface area contributed by atoms with E-state index in [-0.39, 0.29) is 23.4 Å². The first kappa shape index (κ1) is 12.2. The summed E-state index contributed by atoms with van der Waals surface area (Å²) >= 11 is 1.18. The number of phenols is 1. The minimum Gasteiger partial charge on any atom is -0.508 e. The van der Waals surface area contributed by atoms with E-state index in [1.165, 1.54) is 23.9 Å². The van der Waals surface area contributed by atoms with Gasteiger partial charge >= 0.3 is 0 Å². The number of aromatic amines is 1. The summed E-state index contributed by atoms with van der Waals surface area (Å²) in [5.41, 5.74) is 5.97. The number of amides is 1. The number of hydrogen-bond donors (Lipinski definition) is 4. The maximum atomic E-state index is 11.6. The van der Waals surface area contributed by atoms with Crippen LogP contribution in [0.2, 0.25) is 0 Å². The van der Waals surface area contributed by atoms with Crippen LogP contribution in [0.15, 0.2) is 29.4 Å². The first-order valence-corrected chi connectivity index (χ1v) is 6.01.